The highest BCUT2D eigenvalue weighted by Gasteiger charge is 2.28. The largest absolute Gasteiger partial charge is 0.461 e. The van der Waals surface area contributed by atoms with Gasteiger partial charge in [0.1, 0.15) is 6.04 Å². The Morgan fingerprint density at radius 1 is 1.22 bits per heavy atom. The van der Waals surface area contributed by atoms with Gasteiger partial charge in [0.2, 0.25) is 11.7 Å². The smallest absolute Gasteiger partial charge is 0.328 e. The summed E-state index contributed by atoms with van der Waals surface area (Å²) in [7, 11) is 1.49. The summed E-state index contributed by atoms with van der Waals surface area (Å²) in [5, 5.41) is 2.58. The standard InChI is InChI=1S/C15H25N3O5/c1-9(2)23-15(21)13(7-6-12(19)8-17-16)18-14(20)10(3)11(4)22-5/h8-11,13H,6-7H2,1-5H3,(H,18,20)/t10-,11+,13-/m0/s1. The predicted octanol–water partition coefficient (Wildman–Crippen LogP) is 0.744. The van der Waals surface area contributed by atoms with Crippen LogP contribution in [0.25, 0.3) is 5.53 Å². The lowest BCUT2D eigenvalue weighted by Gasteiger charge is -2.23. The summed E-state index contributed by atoms with van der Waals surface area (Å²) < 4.78 is 10.2. The van der Waals surface area contributed by atoms with Gasteiger partial charge in [-0.25, -0.2) is 4.79 Å². The molecule has 0 aromatic heterocycles. The van der Waals surface area contributed by atoms with Crippen molar-refractivity contribution >= 4 is 23.9 Å². The molecule has 0 saturated heterocycles. The number of nitrogens with one attached hydrogen (secondary N) is 1. The third-order valence-corrected chi connectivity index (χ3v) is 3.32. The van der Waals surface area contributed by atoms with Crippen LogP contribution in [0.3, 0.4) is 0 Å². The van der Waals surface area contributed by atoms with Crippen LogP contribution >= 0.6 is 0 Å². The first-order chi connectivity index (χ1) is 10.7. The first-order valence-corrected chi connectivity index (χ1v) is 7.46. The number of carbonyl (C=O) groups is 3. The molecule has 0 rings (SSSR count). The van der Waals surface area contributed by atoms with E-state index in [2.05, 4.69) is 10.1 Å². The quantitative estimate of drug-likeness (QED) is 0.275. The van der Waals surface area contributed by atoms with E-state index in [9.17, 15) is 14.4 Å². The zero-order chi connectivity index (χ0) is 18.0. The van der Waals surface area contributed by atoms with Crippen molar-refractivity contribution in [2.75, 3.05) is 7.11 Å². The fourth-order valence-corrected chi connectivity index (χ4v) is 1.70. The topological polar surface area (TPSA) is 118 Å². The molecule has 1 N–H and O–H groups in total. The van der Waals surface area contributed by atoms with E-state index in [1.165, 1.54) is 7.11 Å². The minimum Gasteiger partial charge on any atom is -0.461 e. The normalized spacial score (nSPS) is 14.3. The third kappa shape index (κ3) is 8.23. The molecule has 0 unspecified atom stereocenters. The Hall–Kier alpha value is -2.05. The molecule has 0 aromatic rings. The average Bonchev–Trinajstić information content (AvgIpc) is 2.48. The van der Waals surface area contributed by atoms with Gasteiger partial charge in [0, 0.05) is 13.5 Å². The van der Waals surface area contributed by atoms with Crippen LogP contribution in [0, 0.1) is 5.92 Å². The highest BCUT2D eigenvalue weighted by atomic mass is 16.5. The van der Waals surface area contributed by atoms with Crippen LogP contribution in [0.5, 0.6) is 0 Å². The maximum absolute atomic E-state index is 12.2. The van der Waals surface area contributed by atoms with E-state index in [1.54, 1.807) is 27.7 Å². The summed E-state index contributed by atoms with van der Waals surface area (Å²) in [4.78, 5) is 38.2. The molecule has 0 fully saturated rings. The van der Waals surface area contributed by atoms with Crippen LogP contribution in [0.1, 0.15) is 40.5 Å². The second kappa shape index (κ2) is 10.6. The van der Waals surface area contributed by atoms with Crippen LogP contribution < -0.4 is 5.32 Å². The Morgan fingerprint density at radius 3 is 2.30 bits per heavy atom. The number of esters is 1. The van der Waals surface area contributed by atoms with Crippen molar-refractivity contribution in [1.82, 2.24) is 5.32 Å². The van der Waals surface area contributed by atoms with Gasteiger partial charge in [0.05, 0.1) is 18.1 Å². The molecule has 0 aliphatic heterocycles. The number of rotatable bonds is 10. The Labute approximate surface area is 136 Å². The van der Waals surface area contributed by atoms with Crippen molar-refractivity contribution in [2.45, 2.75) is 58.8 Å². The van der Waals surface area contributed by atoms with Gasteiger partial charge < -0.3 is 20.3 Å². The first-order valence-electron chi connectivity index (χ1n) is 7.46. The molecule has 3 atom stereocenters. The molecule has 0 bridgehead atoms. The average molecular weight is 327 g/mol. The molecule has 0 aromatic carbocycles. The summed E-state index contributed by atoms with van der Waals surface area (Å²) in [5.41, 5.74) is 8.31. The van der Waals surface area contributed by atoms with Crippen molar-refractivity contribution in [3.05, 3.63) is 5.53 Å². The number of nitrogens with zero attached hydrogens (tertiary/aromatic N) is 2. The minimum atomic E-state index is -0.951. The Balaban J connectivity index is 4.90. The summed E-state index contributed by atoms with van der Waals surface area (Å²) in [6.45, 7) is 6.80. The maximum Gasteiger partial charge on any atom is 0.328 e. The molecular formula is C15H25N3O5. The van der Waals surface area contributed by atoms with Gasteiger partial charge in [-0.05, 0) is 27.2 Å². The molecule has 0 radical (unpaired) electrons. The molecule has 8 nitrogen and oxygen atoms in total. The van der Waals surface area contributed by atoms with Crippen molar-refractivity contribution < 1.29 is 28.6 Å². The van der Waals surface area contributed by atoms with E-state index in [-0.39, 0.29) is 31.0 Å². The van der Waals surface area contributed by atoms with Crippen molar-refractivity contribution in [3.63, 3.8) is 0 Å². The van der Waals surface area contributed by atoms with Crippen molar-refractivity contribution in [2.24, 2.45) is 5.92 Å². The number of carbonyl (C=O) groups excluding carboxylic acids is 3. The fourth-order valence-electron chi connectivity index (χ4n) is 1.70. The van der Waals surface area contributed by atoms with Crippen molar-refractivity contribution in [1.29, 1.82) is 0 Å². The maximum atomic E-state index is 12.2. The van der Waals surface area contributed by atoms with Gasteiger partial charge in [0.25, 0.3) is 0 Å². The molecule has 0 aliphatic carbocycles. The number of amides is 1. The monoisotopic (exact) mass is 327 g/mol. The van der Waals surface area contributed by atoms with Crippen LogP contribution in [-0.4, -0.2) is 54.0 Å². The van der Waals surface area contributed by atoms with Gasteiger partial charge in [-0.15, -0.1) is 0 Å². The molecule has 23 heavy (non-hydrogen) atoms. The van der Waals surface area contributed by atoms with E-state index in [1.807, 2.05) is 0 Å². The number of ketones is 1. The minimum absolute atomic E-state index is 0.0518. The molecule has 130 valence electrons. The van der Waals surface area contributed by atoms with E-state index < -0.39 is 23.7 Å². The van der Waals surface area contributed by atoms with Crippen LogP contribution in [0.2, 0.25) is 0 Å². The van der Waals surface area contributed by atoms with Gasteiger partial charge >= 0.3 is 12.2 Å². The van der Waals surface area contributed by atoms with Crippen LogP contribution in [0.15, 0.2) is 0 Å². The van der Waals surface area contributed by atoms with Gasteiger partial charge in [-0.1, -0.05) is 6.92 Å². The van der Waals surface area contributed by atoms with Crippen molar-refractivity contribution in [3.8, 4) is 0 Å². The zero-order valence-electron chi connectivity index (χ0n) is 14.2. The first kappa shape index (κ1) is 20.9. The number of methoxy groups -OCH3 is 1. The summed E-state index contributed by atoms with van der Waals surface area (Å²) >= 11 is 0. The number of hydrogen-bond acceptors (Lipinski definition) is 5. The number of hydrogen-bond donors (Lipinski definition) is 1. The lowest BCUT2D eigenvalue weighted by Crippen LogP contribution is -2.46. The molecule has 0 heterocycles. The van der Waals surface area contributed by atoms with E-state index in [4.69, 9.17) is 15.0 Å². The number of Topliss-reactive ketones (excluding diaryl/α,β-unsaturated/α-hetero) is 1. The van der Waals surface area contributed by atoms with E-state index in [0.717, 1.165) is 6.21 Å². The summed E-state index contributed by atoms with van der Waals surface area (Å²) in [6.07, 6.45) is 0.0846. The van der Waals surface area contributed by atoms with Gasteiger partial charge in [-0.3, -0.25) is 9.59 Å². The lowest BCUT2D eigenvalue weighted by atomic mass is 10.0. The second-order valence-corrected chi connectivity index (χ2v) is 5.53. The van der Waals surface area contributed by atoms with Crippen LogP contribution in [-0.2, 0) is 23.9 Å². The second-order valence-electron chi connectivity index (χ2n) is 5.53. The lowest BCUT2D eigenvalue weighted by molar-refractivity contribution is -0.152. The van der Waals surface area contributed by atoms with E-state index in [0.29, 0.717) is 0 Å². The molecular weight excluding hydrogens is 302 g/mol. The van der Waals surface area contributed by atoms with Gasteiger partial charge in [0.15, 0.2) is 0 Å². The Morgan fingerprint density at radius 2 is 1.83 bits per heavy atom. The van der Waals surface area contributed by atoms with Crippen LogP contribution in [0.4, 0.5) is 0 Å². The molecule has 0 saturated carbocycles. The number of ether oxygens (including phenoxy) is 2. The summed E-state index contributed by atoms with van der Waals surface area (Å²) in [6, 6.07) is -0.951. The SMILES string of the molecule is CO[C@H](C)[C@H](C)C(=O)N[C@@H](CCC(=O)C=[N+]=[N-])C(=O)OC(C)C. The van der Waals surface area contributed by atoms with E-state index >= 15 is 0 Å². The molecule has 0 aliphatic rings. The Bertz CT molecular complexity index is 472. The summed E-state index contributed by atoms with van der Waals surface area (Å²) in [5.74, 6) is -1.90. The highest BCUT2D eigenvalue weighted by Crippen LogP contribution is 2.09. The molecule has 8 heteroatoms. The fraction of sp³-hybridized carbons (Fsp3) is 0.733. The third-order valence-electron chi connectivity index (χ3n) is 3.32. The molecule has 0 spiro atoms. The predicted molar refractivity (Wildman–Crippen MR) is 82.7 cm³/mol. The Kier molecular flexibility index (Phi) is 9.69. The highest BCUT2D eigenvalue weighted by molar-refractivity contribution is 6.25. The zero-order valence-corrected chi connectivity index (χ0v) is 14.2. The van der Waals surface area contributed by atoms with Gasteiger partial charge in [-0.2, -0.15) is 4.79 Å². The molecule has 1 amide bonds.